The Kier molecular flexibility index (Phi) is 5.76. The van der Waals surface area contributed by atoms with Crippen molar-refractivity contribution in [3.8, 4) is 0 Å². The summed E-state index contributed by atoms with van der Waals surface area (Å²) in [7, 11) is 0. The monoisotopic (exact) mass is 403 g/mol. The third-order valence-electron chi connectivity index (χ3n) is 4.65. The first kappa shape index (κ1) is 21.4. The molecule has 1 amide bonds. The number of amides is 1. The molecule has 1 saturated heterocycles. The van der Waals surface area contributed by atoms with Crippen LogP contribution in [0.4, 0.5) is 13.6 Å². The predicted octanol–water partition coefficient (Wildman–Crippen LogP) is 4.96. The summed E-state index contributed by atoms with van der Waals surface area (Å²) in [5, 5.41) is 9.34. The summed E-state index contributed by atoms with van der Waals surface area (Å²) >= 11 is 5.58. The Bertz CT molecular complexity index is 761. The van der Waals surface area contributed by atoms with Gasteiger partial charge in [-0.05, 0) is 59.6 Å². The third kappa shape index (κ3) is 4.51. The Morgan fingerprint density at radius 3 is 2.41 bits per heavy atom. The maximum absolute atomic E-state index is 14.4. The fraction of sp³-hybridized carbons (Fsp3) is 0.579. The zero-order chi connectivity index (χ0) is 20.7. The average molecular weight is 404 g/mol. The van der Waals surface area contributed by atoms with Crippen molar-refractivity contribution in [3.63, 3.8) is 0 Å². The van der Waals surface area contributed by atoms with Gasteiger partial charge in [-0.2, -0.15) is 0 Å². The molecule has 0 spiro atoms. The second-order valence-corrected chi connectivity index (χ2v) is 8.78. The molecule has 0 saturated carbocycles. The highest BCUT2D eigenvalue weighted by Crippen LogP contribution is 2.42. The van der Waals surface area contributed by atoms with E-state index in [0.717, 1.165) is 12.1 Å². The SMILES string of the molecule is CC(C)(C)OC(=O)N1[C@H]([C@@H](C(=O)O)c2cc(F)c(Cl)cc2F)CCC1(C)C. The minimum Gasteiger partial charge on any atom is -0.481 e. The second-order valence-electron chi connectivity index (χ2n) is 8.37. The van der Waals surface area contributed by atoms with Crippen molar-refractivity contribution < 1.29 is 28.2 Å². The number of rotatable bonds is 3. The lowest BCUT2D eigenvalue weighted by molar-refractivity contribution is -0.140. The quantitative estimate of drug-likeness (QED) is 0.724. The van der Waals surface area contributed by atoms with Crippen molar-refractivity contribution in [2.75, 3.05) is 0 Å². The number of likely N-dealkylation sites (tertiary alicyclic amines) is 1. The zero-order valence-electron chi connectivity index (χ0n) is 16.0. The van der Waals surface area contributed by atoms with Crippen LogP contribution < -0.4 is 0 Å². The number of nitrogens with zero attached hydrogens (tertiary/aromatic N) is 1. The van der Waals surface area contributed by atoms with Crippen LogP contribution in [0, 0.1) is 11.6 Å². The maximum Gasteiger partial charge on any atom is 0.411 e. The van der Waals surface area contributed by atoms with E-state index in [9.17, 15) is 23.5 Å². The number of aliphatic carboxylic acids is 1. The molecule has 5 nitrogen and oxygen atoms in total. The van der Waals surface area contributed by atoms with Gasteiger partial charge in [-0.25, -0.2) is 13.6 Å². The molecule has 0 aliphatic carbocycles. The molecule has 8 heteroatoms. The molecule has 0 unspecified atom stereocenters. The number of halogens is 3. The van der Waals surface area contributed by atoms with Crippen molar-refractivity contribution in [2.45, 2.75) is 70.6 Å². The highest BCUT2D eigenvalue weighted by Gasteiger charge is 2.50. The molecule has 1 aromatic rings. The topological polar surface area (TPSA) is 66.8 Å². The minimum absolute atomic E-state index is 0.312. The molecule has 1 fully saturated rings. The van der Waals surface area contributed by atoms with Crippen LogP contribution in [0.3, 0.4) is 0 Å². The number of hydrogen-bond acceptors (Lipinski definition) is 3. The van der Waals surface area contributed by atoms with Crippen LogP contribution in [-0.4, -0.2) is 39.3 Å². The van der Waals surface area contributed by atoms with Gasteiger partial charge in [-0.3, -0.25) is 9.69 Å². The molecule has 0 radical (unpaired) electrons. The number of benzene rings is 1. The number of carboxylic acids is 1. The van der Waals surface area contributed by atoms with Crippen LogP contribution >= 0.6 is 11.6 Å². The van der Waals surface area contributed by atoms with Crippen molar-refractivity contribution in [2.24, 2.45) is 0 Å². The van der Waals surface area contributed by atoms with Gasteiger partial charge in [0.1, 0.15) is 23.2 Å². The molecule has 1 aliphatic heterocycles. The van der Waals surface area contributed by atoms with Crippen molar-refractivity contribution in [3.05, 3.63) is 34.4 Å². The van der Waals surface area contributed by atoms with Crippen LogP contribution in [-0.2, 0) is 9.53 Å². The fourth-order valence-electron chi connectivity index (χ4n) is 3.49. The van der Waals surface area contributed by atoms with E-state index < -0.39 is 51.8 Å². The number of hydrogen-bond donors (Lipinski definition) is 1. The molecule has 1 aliphatic rings. The van der Waals surface area contributed by atoms with Crippen molar-refractivity contribution >= 4 is 23.7 Å². The molecule has 150 valence electrons. The molecule has 0 aromatic heterocycles. The number of carboxylic acid groups (broad SMARTS) is 1. The van der Waals surface area contributed by atoms with Crippen LogP contribution in [0.15, 0.2) is 12.1 Å². The highest BCUT2D eigenvalue weighted by molar-refractivity contribution is 6.30. The van der Waals surface area contributed by atoms with E-state index in [1.807, 2.05) is 0 Å². The van der Waals surface area contributed by atoms with Gasteiger partial charge in [-0.1, -0.05) is 11.6 Å². The first-order valence-corrected chi connectivity index (χ1v) is 9.02. The van der Waals surface area contributed by atoms with E-state index in [1.54, 1.807) is 34.6 Å². The second kappa shape index (κ2) is 7.26. The molecule has 0 bridgehead atoms. The van der Waals surface area contributed by atoms with E-state index in [4.69, 9.17) is 16.3 Å². The molecule has 1 N–H and O–H groups in total. The first-order chi connectivity index (χ1) is 12.2. The standard InChI is InChI=1S/C19H24ClF2NO4/c1-18(2,3)27-17(26)23-14(6-7-19(23,4)5)15(16(24)25)10-8-13(22)11(20)9-12(10)21/h8-9,14-15H,6-7H2,1-5H3,(H,24,25)/t14-,15-/m0/s1. The van der Waals surface area contributed by atoms with E-state index in [2.05, 4.69) is 0 Å². The summed E-state index contributed by atoms with van der Waals surface area (Å²) < 4.78 is 33.8. The summed E-state index contributed by atoms with van der Waals surface area (Å²) in [5.41, 5.74) is -1.82. The Balaban J connectivity index is 2.51. The van der Waals surface area contributed by atoms with Gasteiger partial charge in [0.15, 0.2) is 0 Å². The number of carbonyl (C=O) groups excluding carboxylic acids is 1. The maximum atomic E-state index is 14.4. The Labute approximate surface area is 162 Å². The Morgan fingerprint density at radius 2 is 1.89 bits per heavy atom. The van der Waals surface area contributed by atoms with Crippen LogP contribution in [0.2, 0.25) is 5.02 Å². The third-order valence-corrected chi connectivity index (χ3v) is 4.94. The summed E-state index contributed by atoms with van der Waals surface area (Å²) in [6.07, 6.45) is 0.127. The fourth-order valence-corrected chi connectivity index (χ4v) is 3.64. The van der Waals surface area contributed by atoms with E-state index in [1.165, 1.54) is 4.90 Å². The lowest BCUT2D eigenvalue weighted by atomic mass is 9.89. The summed E-state index contributed by atoms with van der Waals surface area (Å²) in [5.74, 6) is -4.65. The normalized spacial score (nSPS) is 20.4. The predicted molar refractivity (Wildman–Crippen MR) is 96.9 cm³/mol. The lowest BCUT2D eigenvalue weighted by Gasteiger charge is -2.39. The van der Waals surface area contributed by atoms with Gasteiger partial charge in [0.25, 0.3) is 0 Å². The Morgan fingerprint density at radius 1 is 1.30 bits per heavy atom. The molecular weight excluding hydrogens is 380 g/mol. The van der Waals surface area contributed by atoms with Gasteiger partial charge in [-0.15, -0.1) is 0 Å². The molecular formula is C19H24ClF2NO4. The van der Waals surface area contributed by atoms with Crippen LogP contribution in [0.5, 0.6) is 0 Å². The smallest absolute Gasteiger partial charge is 0.411 e. The zero-order valence-corrected chi connectivity index (χ0v) is 16.7. The summed E-state index contributed by atoms with van der Waals surface area (Å²) in [4.78, 5) is 26.1. The van der Waals surface area contributed by atoms with Crippen LogP contribution in [0.1, 0.15) is 58.9 Å². The first-order valence-electron chi connectivity index (χ1n) is 8.64. The highest BCUT2D eigenvalue weighted by atomic mass is 35.5. The van der Waals surface area contributed by atoms with Crippen LogP contribution in [0.25, 0.3) is 0 Å². The molecule has 1 heterocycles. The average Bonchev–Trinajstić information content (AvgIpc) is 2.78. The Hall–Kier alpha value is -1.89. The molecule has 2 atom stereocenters. The number of carbonyl (C=O) groups is 2. The molecule has 2 rings (SSSR count). The summed E-state index contributed by atoms with van der Waals surface area (Å²) in [6, 6.07) is 0.650. The van der Waals surface area contributed by atoms with Gasteiger partial charge in [0, 0.05) is 11.1 Å². The van der Waals surface area contributed by atoms with Gasteiger partial charge >= 0.3 is 12.1 Å². The van der Waals surface area contributed by atoms with Gasteiger partial charge < -0.3 is 9.84 Å². The van der Waals surface area contributed by atoms with E-state index in [-0.39, 0.29) is 5.56 Å². The lowest BCUT2D eigenvalue weighted by Crippen LogP contribution is -2.51. The number of ether oxygens (including phenoxy) is 1. The largest absolute Gasteiger partial charge is 0.481 e. The van der Waals surface area contributed by atoms with Gasteiger partial charge in [0.2, 0.25) is 0 Å². The van der Waals surface area contributed by atoms with Crippen molar-refractivity contribution in [1.29, 1.82) is 0 Å². The minimum atomic E-state index is -1.45. The molecule has 27 heavy (non-hydrogen) atoms. The van der Waals surface area contributed by atoms with E-state index >= 15 is 0 Å². The summed E-state index contributed by atoms with van der Waals surface area (Å²) in [6.45, 7) is 8.67. The molecule has 1 aromatic carbocycles. The van der Waals surface area contributed by atoms with Crippen molar-refractivity contribution in [1.82, 2.24) is 4.90 Å². The van der Waals surface area contributed by atoms with Gasteiger partial charge in [0.05, 0.1) is 11.1 Å². The van der Waals surface area contributed by atoms with E-state index in [0.29, 0.717) is 12.8 Å².